The lowest BCUT2D eigenvalue weighted by Crippen LogP contribution is -2.13. The van der Waals surface area contributed by atoms with Crippen LogP contribution in [0.1, 0.15) is 12.0 Å². The Bertz CT molecular complexity index is 599. The van der Waals surface area contributed by atoms with E-state index in [0.29, 0.717) is 22.0 Å². The van der Waals surface area contributed by atoms with E-state index in [0.717, 1.165) is 5.19 Å². The van der Waals surface area contributed by atoms with Crippen LogP contribution >= 0.6 is 0 Å². The van der Waals surface area contributed by atoms with Gasteiger partial charge in [-0.2, -0.15) is 0 Å². The van der Waals surface area contributed by atoms with Crippen LogP contribution < -0.4 is 5.19 Å². The molecular weight excluding hydrogens is 303 g/mol. The maximum absolute atomic E-state index is 13.4. The number of hydrogen-bond acceptors (Lipinski definition) is 0. The van der Waals surface area contributed by atoms with Crippen LogP contribution in [0.5, 0.6) is 0 Å². The zero-order valence-corrected chi connectivity index (χ0v) is 11.9. The van der Waals surface area contributed by atoms with Gasteiger partial charge in [-0.05, 0) is 6.42 Å². The van der Waals surface area contributed by atoms with Crippen LogP contribution in [-0.4, -0.2) is 9.52 Å². The predicted molar refractivity (Wildman–Crippen MR) is 71.2 cm³/mol. The van der Waals surface area contributed by atoms with Crippen molar-refractivity contribution in [2.24, 2.45) is 0 Å². The minimum Gasteiger partial charge on any atom is -0.203 e. The molecule has 0 unspecified atom stereocenters. The van der Waals surface area contributed by atoms with Crippen molar-refractivity contribution >= 4 is 14.7 Å². The number of benzene rings is 2. The third-order valence-corrected chi connectivity index (χ3v) is 4.35. The zero-order valence-electron chi connectivity index (χ0n) is 10.9. The van der Waals surface area contributed by atoms with Crippen molar-refractivity contribution < 1.29 is 22.0 Å². The van der Waals surface area contributed by atoms with Gasteiger partial charge in [-0.25, -0.2) is 22.0 Å². The number of hydrogen-bond donors (Lipinski definition) is 0. The molecule has 2 rings (SSSR count). The predicted octanol–water partition coefficient (Wildman–Crippen LogP) is 3.76. The van der Waals surface area contributed by atoms with Gasteiger partial charge in [0.2, 0.25) is 5.82 Å². The van der Waals surface area contributed by atoms with Gasteiger partial charge in [0.1, 0.15) is 0 Å². The molecule has 0 saturated heterocycles. The average Bonchev–Trinajstić information content (AvgIpc) is 2.51. The first-order chi connectivity index (χ1) is 10.0. The van der Waals surface area contributed by atoms with Crippen molar-refractivity contribution in [3.05, 3.63) is 65.0 Å². The molecule has 2 radical (unpaired) electrons. The Morgan fingerprint density at radius 1 is 0.714 bits per heavy atom. The summed E-state index contributed by atoms with van der Waals surface area (Å²) >= 11 is 0. The van der Waals surface area contributed by atoms with E-state index in [1.807, 2.05) is 30.3 Å². The lowest BCUT2D eigenvalue weighted by Gasteiger charge is -2.08. The second-order valence-electron chi connectivity index (χ2n) is 4.44. The van der Waals surface area contributed by atoms with Crippen LogP contribution in [0.3, 0.4) is 0 Å². The minimum absolute atomic E-state index is 0.175. The van der Waals surface area contributed by atoms with Crippen LogP contribution in [0.2, 0.25) is 6.04 Å². The zero-order chi connectivity index (χ0) is 15.4. The third kappa shape index (κ3) is 3.50. The van der Waals surface area contributed by atoms with Crippen LogP contribution in [0, 0.1) is 29.1 Å². The van der Waals surface area contributed by atoms with Gasteiger partial charge in [0.05, 0.1) is 9.52 Å². The molecule has 6 heteroatoms. The van der Waals surface area contributed by atoms with Crippen LogP contribution in [0.25, 0.3) is 0 Å². The summed E-state index contributed by atoms with van der Waals surface area (Å²) < 4.78 is 65.8. The summed E-state index contributed by atoms with van der Waals surface area (Å²) in [6, 6.07) is 10.1. The Morgan fingerprint density at radius 3 is 1.81 bits per heavy atom. The van der Waals surface area contributed by atoms with E-state index in [9.17, 15) is 22.0 Å². The van der Waals surface area contributed by atoms with E-state index >= 15 is 0 Å². The lowest BCUT2D eigenvalue weighted by atomic mass is 10.1. The van der Waals surface area contributed by atoms with Gasteiger partial charge in [0, 0.05) is 5.56 Å². The van der Waals surface area contributed by atoms with Gasteiger partial charge in [-0.1, -0.05) is 48.0 Å². The molecule has 2 aromatic carbocycles. The van der Waals surface area contributed by atoms with Crippen molar-refractivity contribution in [3.63, 3.8) is 0 Å². The smallest absolute Gasteiger partial charge is 0.200 e. The molecule has 0 bridgehead atoms. The monoisotopic (exact) mass is 314 g/mol. The average molecular weight is 314 g/mol. The second kappa shape index (κ2) is 6.84. The largest absolute Gasteiger partial charge is 0.203 e. The van der Waals surface area contributed by atoms with Crippen LogP contribution in [-0.2, 0) is 6.42 Å². The molecule has 0 heterocycles. The first-order valence-corrected chi connectivity index (χ1v) is 7.52. The van der Waals surface area contributed by atoms with E-state index in [1.54, 1.807) is 0 Å². The molecule has 21 heavy (non-hydrogen) atoms. The molecule has 0 aromatic heterocycles. The topological polar surface area (TPSA) is 0 Å². The van der Waals surface area contributed by atoms with Gasteiger partial charge >= 0.3 is 0 Å². The number of halogens is 5. The molecule has 0 amide bonds. The van der Waals surface area contributed by atoms with Crippen LogP contribution in [0.15, 0.2) is 30.3 Å². The summed E-state index contributed by atoms with van der Waals surface area (Å²) in [4.78, 5) is 0. The second-order valence-corrected chi connectivity index (χ2v) is 5.88. The molecule has 110 valence electrons. The summed E-state index contributed by atoms with van der Waals surface area (Å²) in [7, 11) is 0.435. The van der Waals surface area contributed by atoms with Gasteiger partial charge in [0.15, 0.2) is 23.3 Å². The summed E-state index contributed by atoms with van der Waals surface area (Å²) in [5.41, 5.74) is -0.732. The Kier molecular flexibility index (Phi) is 5.11. The van der Waals surface area contributed by atoms with Crippen molar-refractivity contribution in [1.82, 2.24) is 0 Å². The summed E-state index contributed by atoms with van der Waals surface area (Å²) in [6.45, 7) is 0. The summed E-state index contributed by atoms with van der Waals surface area (Å²) in [6.07, 6.45) is 0.178. The van der Waals surface area contributed by atoms with Gasteiger partial charge < -0.3 is 0 Å². The van der Waals surface area contributed by atoms with E-state index in [1.165, 1.54) is 0 Å². The highest BCUT2D eigenvalue weighted by molar-refractivity contribution is 6.53. The van der Waals surface area contributed by atoms with E-state index in [4.69, 9.17) is 0 Å². The molecule has 0 aliphatic heterocycles. The molecule has 0 atom stereocenters. The molecule has 0 nitrogen and oxygen atoms in total. The van der Waals surface area contributed by atoms with Gasteiger partial charge in [-0.15, -0.1) is 0 Å². The molecular formula is C15H11F5Si. The van der Waals surface area contributed by atoms with Gasteiger partial charge in [-0.3, -0.25) is 0 Å². The molecule has 0 spiro atoms. The highest BCUT2D eigenvalue weighted by Gasteiger charge is 2.24. The van der Waals surface area contributed by atoms with E-state index in [-0.39, 0.29) is 6.42 Å². The van der Waals surface area contributed by atoms with Crippen LogP contribution in [0.4, 0.5) is 22.0 Å². The number of rotatable bonds is 5. The third-order valence-electron chi connectivity index (χ3n) is 3.01. The maximum Gasteiger partial charge on any atom is 0.200 e. The lowest BCUT2D eigenvalue weighted by molar-refractivity contribution is 0.369. The molecule has 0 fully saturated rings. The maximum atomic E-state index is 13.4. The Labute approximate surface area is 121 Å². The van der Waals surface area contributed by atoms with Crippen molar-refractivity contribution in [1.29, 1.82) is 0 Å². The first kappa shape index (κ1) is 15.7. The Morgan fingerprint density at radius 2 is 1.24 bits per heavy atom. The standard InChI is InChI=1S/C15H11F5Si/c16-11-10(12(17)14(19)15(20)13(11)18)7-4-8-21-9-5-2-1-3-6-9/h1-3,5-6H,4,7-8H2. The Hall–Kier alpha value is -1.69. The van der Waals surface area contributed by atoms with E-state index in [2.05, 4.69) is 0 Å². The van der Waals surface area contributed by atoms with Crippen molar-refractivity contribution in [3.8, 4) is 0 Å². The summed E-state index contributed by atoms with van der Waals surface area (Å²) in [5, 5.41) is 1.09. The summed E-state index contributed by atoms with van der Waals surface area (Å²) in [5.74, 6) is -9.33. The fraction of sp³-hybridized carbons (Fsp3) is 0.200. The molecule has 2 aromatic rings. The molecule has 0 saturated carbocycles. The minimum atomic E-state index is -2.11. The fourth-order valence-electron chi connectivity index (χ4n) is 1.92. The quantitative estimate of drug-likeness (QED) is 0.259. The first-order valence-electron chi connectivity index (χ1n) is 6.31. The normalized spacial score (nSPS) is 10.9. The fourth-order valence-corrected chi connectivity index (χ4v) is 2.99. The molecule has 0 N–H and O–H groups in total. The SMILES string of the molecule is Fc1c(F)c(F)c(CCC[Si]c2ccccc2)c(F)c1F. The highest BCUT2D eigenvalue weighted by Crippen LogP contribution is 2.24. The molecule has 0 aliphatic rings. The van der Waals surface area contributed by atoms with Crippen molar-refractivity contribution in [2.75, 3.05) is 0 Å². The highest BCUT2D eigenvalue weighted by atomic mass is 28.2. The Balaban J connectivity index is 2.01. The molecule has 0 aliphatic carbocycles. The van der Waals surface area contributed by atoms with Crippen molar-refractivity contribution in [2.45, 2.75) is 18.9 Å². The van der Waals surface area contributed by atoms with E-state index < -0.39 is 34.6 Å². The van der Waals surface area contributed by atoms with Gasteiger partial charge in [0.25, 0.3) is 0 Å².